The molecule has 0 aromatic heterocycles. The van der Waals surface area contributed by atoms with Gasteiger partial charge in [-0.25, -0.2) is 4.79 Å². The Hall–Kier alpha value is -2.27. The normalized spacial score (nSPS) is 10.5. The van der Waals surface area contributed by atoms with Crippen LogP contribution in [0.15, 0.2) is 59.2 Å². The number of methoxy groups -OCH3 is 1. The molecule has 120 valence electrons. The lowest BCUT2D eigenvalue weighted by atomic mass is 10.1. The number of hydrogen-bond acceptors (Lipinski definition) is 2. The van der Waals surface area contributed by atoms with Crippen LogP contribution in [0.4, 0.5) is 4.79 Å². The van der Waals surface area contributed by atoms with Crippen LogP contribution in [-0.4, -0.2) is 19.7 Å². The Bertz CT molecular complexity index is 669. The second-order valence-electron chi connectivity index (χ2n) is 4.85. The van der Waals surface area contributed by atoms with Crippen LogP contribution in [0.2, 0.25) is 0 Å². The number of amides is 2. The Kier molecular flexibility index (Phi) is 6.69. The number of urea groups is 1. The van der Waals surface area contributed by atoms with Crippen molar-refractivity contribution in [1.82, 2.24) is 10.6 Å². The van der Waals surface area contributed by atoms with Crippen LogP contribution in [0.25, 0.3) is 6.08 Å². The van der Waals surface area contributed by atoms with Gasteiger partial charge in [0.15, 0.2) is 0 Å². The predicted octanol–water partition coefficient (Wildman–Crippen LogP) is 3.97. The number of hydrogen-bond donors (Lipinski definition) is 2. The zero-order chi connectivity index (χ0) is 16.5. The summed E-state index contributed by atoms with van der Waals surface area (Å²) in [4.78, 5) is 11.7. The van der Waals surface area contributed by atoms with E-state index < -0.39 is 0 Å². The van der Waals surface area contributed by atoms with Crippen LogP contribution in [0.1, 0.15) is 11.1 Å². The van der Waals surface area contributed by atoms with E-state index in [-0.39, 0.29) is 6.03 Å². The molecule has 0 aliphatic heterocycles. The van der Waals surface area contributed by atoms with Crippen molar-refractivity contribution in [3.8, 4) is 5.75 Å². The van der Waals surface area contributed by atoms with Gasteiger partial charge in [0.2, 0.25) is 0 Å². The highest BCUT2D eigenvalue weighted by Crippen LogP contribution is 2.18. The van der Waals surface area contributed by atoms with E-state index >= 15 is 0 Å². The SMILES string of the molecule is COc1ccccc1/C=C/NC(=O)NCCc1ccc(Br)cc1. The van der Waals surface area contributed by atoms with E-state index in [9.17, 15) is 4.79 Å². The number of para-hydroxylation sites is 1. The van der Waals surface area contributed by atoms with Crippen LogP contribution in [0.3, 0.4) is 0 Å². The van der Waals surface area contributed by atoms with Crippen molar-refractivity contribution in [2.75, 3.05) is 13.7 Å². The largest absolute Gasteiger partial charge is 0.496 e. The summed E-state index contributed by atoms with van der Waals surface area (Å²) in [7, 11) is 1.62. The molecular weight excluding hydrogens is 356 g/mol. The number of benzene rings is 2. The summed E-state index contributed by atoms with van der Waals surface area (Å²) >= 11 is 3.40. The number of carbonyl (C=O) groups excluding carboxylic acids is 1. The van der Waals surface area contributed by atoms with Gasteiger partial charge in [0.05, 0.1) is 7.11 Å². The summed E-state index contributed by atoms with van der Waals surface area (Å²) in [6, 6.07) is 15.4. The monoisotopic (exact) mass is 374 g/mol. The highest BCUT2D eigenvalue weighted by molar-refractivity contribution is 9.10. The first-order chi connectivity index (χ1) is 11.2. The number of nitrogens with one attached hydrogen (secondary N) is 2. The molecule has 0 atom stereocenters. The molecular formula is C18H19BrN2O2. The van der Waals surface area contributed by atoms with Crippen LogP contribution >= 0.6 is 15.9 Å². The van der Waals surface area contributed by atoms with Gasteiger partial charge in [0.1, 0.15) is 5.75 Å². The quantitative estimate of drug-likeness (QED) is 0.803. The predicted molar refractivity (Wildman–Crippen MR) is 96.4 cm³/mol. The van der Waals surface area contributed by atoms with Gasteiger partial charge in [-0.1, -0.05) is 46.3 Å². The first kappa shape index (κ1) is 17.1. The Labute approximate surface area is 144 Å². The lowest BCUT2D eigenvalue weighted by molar-refractivity contribution is 0.244. The van der Waals surface area contributed by atoms with E-state index in [2.05, 4.69) is 26.6 Å². The maximum atomic E-state index is 11.7. The molecule has 2 aromatic rings. The summed E-state index contributed by atoms with van der Waals surface area (Å²) in [6.45, 7) is 0.579. The van der Waals surface area contributed by atoms with E-state index in [0.717, 1.165) is 22.2 Å². The molecule has 4 nitrogen and oxygen atoms in total. The zero-order valence-corrected chi connectivity index (χ0v) is 14.5. The molecule has 0 fully saturated rings. The van der Waals surface area contributed by atoms with Crippen molar-refractivity contribution in [1.29, 1.82) is 0 Å². The minimum Gasteiger partial charge on any atom is -0.496 e. The fraction of sp³-hybridized carbons (Fsp3) is 0.167. The standard InChI is InChI=1S/C18H19BrN2O2/c1-23-17-5-3-2-4-15(17)11-13-21-18(22)20-12-10-14-6-8-16(19)9-7-14/h2-9,11,13H,10,12H2,1H3,(H2,20,21,22)/b13-11+. The van der Waals surface area contributed by atoms with Gasteiger partial charge in [0, 0.05) is 22.8 Å². The summed E-state index contributed by atoms with van der Waals surface area (Å²) in [5.74, 6) is 0.765. The van der Waals surface area contributed by atoms with Gasteiger partial charge in [-0.2, -0.15) is 0 Å². The first-order valence-electron chi connectivity index (χ1n) is 7.27. The number of carbonyl (C=O) groups is 1. The van der Waals surface area contributed by atoms with E-state index in [4.69, 9.17) is 4.74 Å². The highest BCUT2D eigenvalue weighted by Gasteiger charge is 1.99. The minimum absolute atomic E-state index is 0.228. The third-order valence-corrected chi connectivity index (χ3v) is 3.76. The smallest absolute Gasteiger partial charge is 0.318 e. The number of ether oxygens (including phenoxy) is 1. The molecule has 0 bridgehead atoms. The van der Waals surface area contributed by atoms with Crippen molar-refractivity contribution in [3.05, 3.63) is 70.3 Å². The molecule has 0 saturated heterocycles. The Morgan fingerprint density at radius 1 is 1.17 bits per heavy atom. The zero-order valence-electron chi connectivity index (χ0n) is 12.9. The maximum absolute atomic E-state index is 11.7. The molecule has 2 aromatic carbocycles. The average Bonchev–Trinajstić information content (AvgIpc) is 2.57. The minimum atomic E-state index is -0.228. The van der Waals surface area contributed by atoms with Crippen molar-refractivity contribution in [3.63, 3.8) is 0 Å². The second kappa shape index (κ2) is 9.00. The van der Waals surface area contributed by atoms with Gasteiger partial charge in [-0.05, 0) is 36.3 Å². The fourth-order valence-electron chi connectivity index (χ4n) is 2.03. The molecule has 23 heavy (non-hydrogen) atoms. The highest BCUT2D eigenvalue weighted by atomic mass is 79.9. The van der Waals surface area contributed by atoms with Gasteiger partial charge in [0.25, 0.3) is 0 Å². The molecule has 2 rings (SSSR count). The fourth-order valence-corrected chi connectivity index (χ4v) is 2.30. The van der Waals surface area contributed by atoms with Gasteiger partial charge < -0.3 is 15.4 Å². The summed E-state index contributed by atoms with van der Waals surface area (Å²) < 4.78 is 6.29. The average molecular weight is 375 g/mol. The molecule has 0 aliphatic carbocycles. The molecule has 0 heterocycles. The lowest BCUT2D eigenvalue weighted by Crippen LogP contribution is -2.33. The number of halogens is 1. The van der Waals surface area contributed by atoms with Crippen LogP contribution in [-0.2, 0) is 6.42 Å². The Morgan fingerprint density at radius 2 is 1.91 bits per heavy atom. The summed E-state index contributed by atoms with van der Waals surface area (Å²) in [5, 5.41) is 5.50. The van der Waals surface area contributed by atoms with E-state index in [1.54, 1.807) is 19.4 Å². The van der Waals surface area contributed by atoms with Crippen molar-refractivity contribution < 1.29 is 9.53 Å². The molecule has 0 unspecified atom stereocenters. The van der Waals surface area contributed by atoms with Crippen molar-refractivity contribution in [2.45, 2.75) is 6.42 Å². The van der Waals surface area contributed by atoms with Gasteiger partial charge in [-0.3, -0.25) is 0 Å². The van der Waals surface area contributed by atoms with Crippen molar-refractivity contribution in [2.24, 2.45) is 0 Å². The van der Waals surface area contributed by atoms with Crippen molar-refractivity contribution >= 4 is 28.0 Å². The lowest BCUT2D eigenvalue weighted by Gasteiger charge is -2.06. The van der Waals surface area contributed by atoms with Gasteiger partial charge >= 0.3 is 6.03 Å². The Morgan fingerprint density at radius 3 is 2.65 bits per heavy atom. The molecule has 0 radical (unpaired) electrons. The Balaban J connectivity index is 1.74. The van der Waals surface area contributed by atoms with Crippen LogP contribution in [0.5, 0.6) is 5.75 Å². The molecule has 5 heteroatoms. The van der Waals surface area contributed by atoms with Gasteiger partial charge in [-0.15, -0.1) is 0 Å². The van der Waals surface area contributed by atoms with E-state index in [0.29, 0.717) is 6.54 Å². The first-order valence-corrected chi connectivity index (χ1v) is 8.06. The van der Waals surface area contributed by atoms with Crippen LogP contribution in [0, 0.1) is 0 Å². The number of rotatable bonds is 6. The third kappa shape index (κ3) is 5.79. The van der Waals surface area contributed by atoms with Crippen LogP contribution < -0.4 is 15.4 Å². The molecule has 0 spiro atoms. The molecule has 0 saturated carbocycles. The topological polar surface area (TPSA) is 50.4 Å². The third-order valence-electron chi connectivity index (χ3n) is 3.23. The summed E-state index contributed by atoms with van der Waals surface area (Å²) in [6.07, 6.45) is 4.19. The summed E-state index contributed by atoms with van der Waals surface area (Å²) in [5.41, 5.74) is 2.09. The molecule has 2 amide bonds. The second-order valence-corrected chi connectivity index (χ2v) is 5.77. The maximum Gasteiger partial charge on any atom is 0.318 e. The molecule has 2 N–H and O–H groups in total. The van der Waals surface area contributed by atoms with E-state index in [1.165, 1.54) is 5.56 Å². The van der Waals surface area contributed by atoms with E-state index in [1.807, 2.05) is 48.5 Å². The molecule has 0 aliphatic rings.